The summed E-state index contributed by atoms with van der Waals surface area (Å²) in [7, 11) is 1.77. The molecule has 8 nitrogen and oxygen atoms in total. The van der Waals surface area contributed by atoms with Crippen LogP contribution < -0.4 is 5.43 Å². The first kappa shape index (κ1) is 17.7. The maximum atomic E-state index is 12.7. The SMILES string of the molecule is CCOC(=O)C1=C(NN(C)CC)O/C(=C\c2c[nH]c3ncccc23)C1=O. The van der Waals surface area contributed by atoms with E-state index < -0.39 is 11.8 Å². The molecule has 0 radical (unpaired) electrons. The molecule has 0 bridgehead atoms. The fourth-order valence-electron chi connectivity index (χ4n) is 2.49. The van der Waals surface area contributed by atoms with Crippen molar-refractivity contribution in [3.8, 4) is 0 Å². The van der Waals surface area contributed by atoms with Crippen LogP contribution in [0.3, 0.4) is 0 Å². The number of hydrazine groups is 1. The van der Waals surface area contributed by atoms with E-state index in [9.17, 15) is 9.59 Å². The van der Waals surface area contributed by atoms with Crippen LogP contribution in [0.4, 0.5) is 0 Å². The topological polar surface area (TPSA) is 96.6 Å². The van der Waals surface area contributed by atoms with Crippen molar-refractivity contribution in [3.63, 3.8) is 0 Å². The van der Waals surface area contributed by atoms with Gasteiger partial charge in [-0.1, -0.05) is 6.92 Å². The summed E-state index contributed by atoms with van der Waals surface area (Å²) >= 11 is 0. The zero-order chi connectivity index (χ0) is 18.7. The third kappa shape index (κ3) is 3.31. The molecular formula is C18H20N4O4. The van der Waals surface area contributed by atoms with E-state index in [0.29, 0.717) is 12.2 Å². The molecule has 0 spiro atoms. The number of Topliss-reactive ketones (excluding diaryl/α,β-unsaturated/α-hetero) is 1. The molecule has 0 unspecified atom stereocenters. The van der Waals surface area contributed by atoms with Gasteiger partial charge in [0.15, 0.2) is 11.3 Å². The second kappa shape index (κ2) is 7.40. The number of esters is 1. The lowest BCUT2D eigenvalue weighted by atomic mass is 10.1. The Kier molecular flexibility index (Phi) is 5.04. The van der Waals surface area contributed by atoms with Gasteiger partial charge in [-0.15, -0.1) is 0 Å². The number of H-pyrrole nitrogens is 1. The molecule has 136 valence electrons. The van der Waals surface area contributed by atoms with Gasteiger partial charge in [-0.25, -0.2) is 14.8 Å². The summed E-state index contributed by atoms with van der Waals surface area (Å²) in [5.74, 6) is -1.12. The van der Waals surface area contributed by atoms with Crippen LogP contribution in [-0.4, -0.2) is 46.9 Å². The van der Waals surface area contributed by atoms with Crippen LogP contribution in [0.2, 0.25) is 0 Å². The number of allylic oxidation sites excluding steroid dienone is 1. The first-order chi connectivity index (χ1) is 12.5. The Balaban J connectivity index is 1.96. The highest BCUT2D eigenvalue weighted by Gasteiger charge is 2.37. The lowest BCUT2D eigenvalue weighted by Crippen LogP contribution is -2.34. The second-order valence-corrected chi connectivity index (χ2v) is 5.63. The van der Waals surface area contributed by atoms with E-state index in [1.165, 1.54) is 0 Å². The second-order valence-electron chi connectivity index (χ2n) is 5.63. The Morgan fingerprint density at radius 1 is 1.46 bits per heavy atom. The summed E-state index contributed by atoms with van der Waals surface area (Å²) in [5, 5.41) is 2.54. The van der Waals surface area contributed by atoms with Gasteiger partial charge in [0, 0.05) is 36.9 Å². The number of aromatic amines is 1. The maximum absolute atomic E-state index is 12.7. The molecule has 2 aromatic heterocycles. The average molecular weight is 356 g/mol. The Bertz CT molecular complexity index is 913. The van der Waals surface area contributed by atoms with E-state index in [4.69, 9.17) is 9.47 Å². The quantitative estimate of drug-likeness (QED) is 0.352. The van der Waals surface area contributed by atoms with Crippen molar-refractivity contribution < 1.29 is 19.1 Å². The van der Waals surface area contributed by atoms with E-state index in [1.54, 1.807) is 43.5 Å². The monoisotopic (exact) mass is 356 g/mol. The van der Waals surface area contributed by atoms with Gasteiger partial charge >= 0.3 is 5.97 Å². The van der Waals surface area contributed by atoms with Gasteiger partial charge in [-0.3, -0.25) is 10.2 Å². The summed E-state index contributed by atoms with van der Waals surface area (Å²) in [6.07, 6.45) is 4.99. The van der Waals surface area contributed by atoms with E-state index in [2.05, 4.69) is 15.4 Å². The minimum atomic E-state index is -0.714. The molecule has 2 N–H and O–H groups in total. The van der Waals surface area contributed by atoms with Crippen LogP contribution in [0.5, 0.6) is 0 Å². The predicted octanol–water partition coefficient (Wildman–Crippen LogP) is 1.73. The van der Waals surface area contributed by atoms with Gasteiger partial charge in [-0.05, 0) is 25.1 Å². The first-order valence-corrected chi connectivity index (χ1v) is 8.30. The molecule has 26 heavy (non-hydrogen) atoms. The first-order valence-electron chi connectivity index (χ1n) is 8.30. The average Bonchev–Trinajstić information content (AvgIpc) is 3.17. The third-order valence-corrected chi connectivity index (χ3v) is 3.91. The summed E-state index contributed by atoms with van der Waals surface area (Å²) < 4.78 is 10.6. The normalized spacial score (nSPS) is 15.8. The van der Waals surface area contributed by atoms with Crippen molar-refractivity contribution in [2.75, 3.05) is 20.2 Å². The number of hydrogen-bond acceptors (Lipinski definition) is 7. The Morgan fingerprint density at radius 3 is 3.00 bits per heavy atom. The number of hydrogen-bond donors (Lipinski definition) is 2. The van der Waals surface area contributed by atoms with Gasteiger partial charge in [0.25, 0.3) is 0 Å². The standard InChI is InChI=1S/C18H20N4O4/c1-4-22(3)21-17-14(18(24)25-5-2)15(23)13(26-17)9-11-10-20-16-12(11)7-6-8-19-16/h6-10,21H,4-5H2,1-3H3,(H,19,20)/b13-9-. The molecule has 0 atom stereocenters. The van der Waals surface area contributed by atoms with Crippen molar-refractivity contribution in [2.24, 2.45) is 0 Å². The molecule has 0 amide bonds. The molecular weight excluding hydrogens is 336 g/mol. The highest BCUT2D eigenvalue weighted by Crippen LogP contribution is 2.28. The summed E-state index contributed by atoms with van der Waals surface area (Å²) in [5.41, 5.74) is 4.20. The summed E-state index contributed by atoms with van der Waals surface area (Å²) in [6, 6.07) is 3.69. The molecule has 8 heteroatoms. The fourth-order valence-corrected chi connectivity index (χ4v) is 2.49. The van der Waals surface area contributed by atoms with Crippen LogP contribution in [0.1, 0.15) is 19.4 Å². The molecule has 3 heterocycles. The minimum Gasteiger partial charge on any atom is -0.462 e. The number of pyridine rings is 1. The molecule has 2 aromatic rings. The number of carbonyl (C=O) groups is 2. The van der Waals surface area contributed by atoms with Crippen molar-refractivity contribution in [2.45, 2.75) is 13.8 Å². The molecule has 0 saturated carbocycles. The van der Waals surface area contributed by atoms with Crippen LogP contribution >= 0.6 is 0 Å². The molecule has 3 rings (SSSR count). The Morgan fingerprint density at radius 2 is 2.27 bits per heavy atom. The number of ketones is 1. The Labute approximate surface area is 150 Å². The molecule has 0 saturated heterocycles. The molecule has 0 aliphatic carbocycles. The molecule has 0 aromatic carbocycles. The summed E-state index contributed by atoms with van der Waals surface area (Å²) in [6.45, 7) is 4.41. The Hall–Kier alpha value is -3.13. The van der Waals surface area contributed by atoms with E-state index in [0.717, 1.165) is 10.9 Å². The maximum Gasteiger partial charge on any atom is 0.347 e. The number of carbonyl (C=O) groups excluding carboxylic acids is 2. The van der Waals surface area contributed by atoms with Crippen LogP contribution in [0.15, 0.2) is 41.7 Å². The van der Waals surface area contributed by atoms with Gasteiger partial charge in [-0.2, -0.15) is 0 Å². The molecule has 1 aliphatic rings. The van der Waals surface area contributed by atoms with Gasteiger partial charge < -0.3 is 14.5 Å². The van der Waals surface area contributed by atoms with Crippen molar-refractivity contribution in [3.05, 3.63) is 47.3 Å². The lowest BCUT2D eigenvalue weighted by molar-refractivity contribution is -0.139. The van der Waals surface area contributed by atoms with E-state index in [1.807, 2.05) is 13.0 Å². The number of nitrogens with zero attached hydrogens (tertiary/aromatic N) is 2. The van der Waals surface area contributed by atoms with E-state index in [-0.39, 0.29) is 23.8 Å². The van der Waals surface area contributed by atoms with Crippen molar-refractivity contribution in [1.82, 2.24) is 20.4 Å². The third-order valence-electron chi connectivity index (χ3n) is 3.91. The van der Waals surface area contributed by atoms with Crippen molar-refractivity contribution >= 4 is 28.9 Å². The highest BCUT2D eigenvalue weighted by molar-refractivity contribution is 6.26. The zero-order valence-electron chi connectivity index (χ0n) is 14.8. The van der Waals surface area contributed by atoms with Crippen molar-refractivity contribution in [1.29, 1.82) is 0 Å². The minimum absolute atomic E-state index is 0.0461. The zero-order valence-corrected chi connectivity index (χ0v) is 14.8. The number of aromatic nitrogens is 2. The molecule has 1 aliphatic heterocycles. The largest absolute Gasteiger partial charge is 0.462 e. The van der Waals surface area contributed by atoms with Crippen LogP contribution in [-0.2, 0) is 19.1 Å². The molecule has 0 fully saturated rings. The van der Waals surface area contributed by atoms with Crippen LogP contribution in [0, 0.1) is 0 Å². The van der Waals surface area contributed by atoms with Gasteiger partial charge in [0.2, 0.25) is 11.7 Å². The number of fused-ring (bicyclic) bond motifs is 1. The number of rotatable bonds is 6. The lowest BCUT2D eigenvalue weighted by Gasteiger charge is -2.17. The number of ether oxygens (including phenoxy) is 2. The fraction of sp³-hybridized carbons (Fsp3) is 0.278. The summed E-state index contributed by atoms with van der Waals surface area (Å²) in [4.78, 5) is 32.2. The van der Waals surface area contributed by atoms with E-state index >= 15 is 0 Å². The van der Waals surface area contributed by atoms with Crippen LogP contribution in [0.25, 0.3) is 17.1 Å². The predicted molar refractivity (Wildman–Crippen MR) is 95.3 cm³/mol. The highest BCUT2D eigenvalue weighted by atomic mass is 16.5. The smallest absolute Gasteiger partial charge is 0.347 e. The van der Waals surface area contributed by atoms with Gasteiger partial charge in [0.05, 0.1) is 6.61 Å². The van der Waals surface area contributed by atoms with Gasteiger partial charge in [0.1, 0.15) is 5.65 Å². The number of nitrogens with one attached hydrogen (secondary N) is 2.